The first kappa shape index (κ1) is 19.8. The van der Waals surface area contributed by atoms with Gasteiger partial charge in [0, 0.05) is 24.4 Å². The van der Waals surface area contributed by atoms with Crippen LogP contribution in [0.1, 0.15) is 33.5 Å². The number of benzene rings is 2. The molecule has 0 aromatic heterocycles. The molecule has 3 rings (SSSR count). The first-order valence-corrected chi connectivity index (χ1v) is 8.51. The molecule has 0 spiro atoms. The summed E-state index contributed by atoms with van der Waals surface area (Å²) in [6.07, 6.45) is 1.42. The van der Waals surface area contributed by atoms with E-state index in [9.17, 15) is 4.79 Å². The van der Waals surface area contributed by atoms with Crippen molar-refractivity contribution in [1.29, 1.82) is 0 Å². The van der Waals surface area contributed by atoms with Gasteiger partial charge >= 0.3 is 5.97 Å². The number of hydrogen-bond acceptors (Lipinski definition) is 3. The average Bonchev–Trinajstić information content (AvgIpc) is 2.54. The summed E-state index contributed by atoms with van der Waals surface area (Å²) in [7, 11) is 4.05. The zero-order valence-electron chi connectivity index (χ0n) is 14.7. The van der Waals surface area contributed by atoms with Crippen molar-refractivity contribution in [2.24, 2.45) is 0 Å². The van der Waals surface area contributed by atoms with E-state index in [-0.39, 0.29) is 18.4 Å². The Morgan fingerprint density at radius 1 is 1.16 bits per heavy atom. The summed E-state index contributed by atoms with van der Waals surface area (Å²) in [6.45, 7) is 2.82. The quantitative estimate of drug-likeness (QED) is 0.725. The fourth-order valence-corrected chi connectivity index (χ4v) is 3.34. The second-order valence-corrected chi connectivity index (χ2v) is 7.22. The van der Waals surface area contributed by atoms with Crippen molar-refractivity contribution in [2.45, 2.75) is 25.4 Å². The summed E-state index contributed by atoms with van der Waals surface area (Å²) in [4.78, 5) is 14.8. The zero-order chi connectivity index (χ0) is 17.3. The van der Waals surface area contributed by atoms with E-state index >= 15 is 0 Å². The van der Waals surface area contributed by atoms with Gasteiger partial charge in [0.1, 0.15) is 5.60 Å². The Hall–Kier alpha value is -1.55. The van der Waals surface area contributed by atoms with Crippen molar-refractivity contribution in [3.05, 3.63) is 69.7 Å². The second kappa shape index (κ2) is 7.77. The third-order valence-corrected chi connectivity index (χ3v) is 4.83. The molecular formula is C20H23Cl2NO2. The lowest BCUT2D eigenvalue weighted by Gasteiger charge is -2.39. The van der Waals surface area contributed by atoms with Crippen LogP contribution in [-0.4, -0.2) is 31.5 Å². The van der Waals surface area contributed by atoms with E-state index in [4.69, 9.17) is 16.3 Å². The molecule has 2 aromatic carbocycles. The fraction of sp³-hybridized carbons (Fsp3) is 0.350. The van der Waals surface area contributed by atoms with E-state index in [1.807, 2.05) is 57.4 Å². The Kier molecular flexibility index (Phi) is 6.15. The lowest BCUT2D eigenvalue weighted by atomic mass is 9.80. The number of carbonyl (C=O) groups excluding carboxylic acids is 1. The van der Waals surface area contributed by atoms with Crippen LogP contribution in [0.2, 0.25) is 5.02 Å². The van der Waals surface area contributed by atoms with Gasteiger partial charge in [0.05, 0.1) is 5.56 Å². The number of halogens is 2. The second-order valence-electron chi connectivity index (χ2n) is 6.78. The Morgan fingerprint density at radius 2 is 1.84 bits per heavy atom. The van der Waals surface area contributed by atoms with Crippen LogP contribution in [0.15, 0.2) is 42.5 Å². The SMILES string of the molecule is Cc1ccc2c(c1)C(=O)OC(CCN(C)C)(c1ccc(Cl)cc1)C2.Cl. The number of aryl methyl sites for hydroxylation is 1. The van der Waals surface area contributed by atoms with Gasteiger partial charge in [-0.3, -0.25) is 0 Å². The molecule has 3 nitrogen and oxygen atoms in total. The monoisotopic (exact) mass is 379 g/mol. The van der Waals surface area contributed by atoms with Crippen molar-refractivity contribution in [2.75, 3.05) is 20.6 Å². The van der Waals surface area contributed by atoms with E-state index < -0.39 is 5.60 Å². The van der Waals surface area contributed by atoms with Crippen molar-refractivity contribution in [1.82, 2.24) is 4.90 Å². The normalized spacial score (nSPS) is 19.2. The van der Waals surface area contributed by atoms with Gasteiger partial charge in [0.25, 0.3) is 0 Å². The van der Waals surface area contributed by atoms with Gasteiger partial charge in [-0.25, -0.2) is 4.79 Å². The van der Waals surface area contributed by atoms with Gasteiger partial charge in [-0.2, -0.15) is 0 Å². The number of ether oxygens (including phenoxy) is 1. The maximum atomic E-state index is 12.7. The van der Waals surface area contributed by atoms with Gasteiger partial charge < -0.3 is 9.64 Å². The highest BCUT2D eigenvalue weighted by atomic mass is 35.5. The minimum Gasteiger partial charge on any atom is -0.450 e. The average molecular weight is 380 g/mol. The summed E-state index contributed by atoms with van der Waals surface area (Å²) in [5.74, 6) is -0.242. The largest absolute Gasteiger partial charge is 0.450 e. The third-order valence-electron chi connectivity index (χ3n) is 4.58. The first-order valence-electron chi connectivity index (χ1n) is 8.13. The number of fused-ring (bicyclic) bond motifs is 1. The van der Waals surface area contributed by atoms with Gasteiger partial charge in [0.2, 0.25) is 0 Å². The first-order chi connectivity index (χ1) is 11.4. The summed E-state index contributed by atoms with van der Waals surface area (Å²) in [6, 6.07) is 13.6. The number of carbonyl (C=O) groups is 1. The molecule has 0 aliphatic carbocycles. The molecule has 0 amide bonds. The summed E-state index contributed by atoms with van der Waals surface area (Å²) in [5, 5.41) is 0.680. The van der Waals surface area contributed by atoms with E-state index in [2.05, 4.69) is 11.0 Å². The molecule has 5 heteroatoms. The van der Waals surface area contributed by atoms with Gasteiger partial charge in [0.15, 0.2) is 0 Å². The predicted molar refractivity (Wildman–Crippen MR) is 104 cm³/mol. The molecule has 0 bridgehead atoms. The molecule has 25 heavy (non-hydrogen) atoms. The molecule has 0 radical (unpaired) electrons. The molecule has 1 atom stereocenters. The molecule has 1 unspecified atom stereocenters. The predicted octanol–water partition coefficient (Wildman–Crippen LogP) is 4.63. The van der Waals surface area contributed by atoms with E-state index in [1.54, 1.807) is 0 Å². The lowest BCUT2D eigenvalue weighted by Crippen LogP contribution is -2.41. The van der Waals surface area contributed by atoms with Gasteiger partial charge in [-0.05, 0) is 50.3 Å². The fourth-order valence-electron chi connectivity index (χ4n) is 3.21. The molecule has 1 aliphatic rings. The van der Waals surface area contributed by atoms with Crippen LogP contribution in [-0.2, 0) is 16.8 Å². The molecule has 0 saturated heterocycles. The third kappa shape index (κ3) is 4.17. The maximum Gasteiger partial charge on any atom is 0.339 e. The number of hydrogen-bond donors (Lipinski definition) is 0. The van der Waals surface area contributed by atoms with Crippen LogP contribution in [0, 0.1) is 6.92 Å². The lowest BCUT2D eigenvalue weighted by molar-refractivity contribution is -0.0355. The standard InChI is InChI=1S/C20H22ClNO2.ClH/c1-14-4-5-15-13-20(10-11-22(2)3,24-19(23)18(15)12-14)16-6-8-17(21)9-7-16;/h4-9,12H,10-11,13H2,1-3H3;1H. The Labute approximate surface area is 160 Å². The van der Waals surface area contributed by atoms with Crippen LogP contribution < -0.4 is 0 Å². The Bertz CT molecular complexity index is 759. The Morgan fingerprint density at radius 3 is 2.48 bits per heavy atom. The van der Waals surface area contributed by atoms with E-state index in [0.717, 1.165) is 29.7 Å². The van der Waals surface area contributed by atoms with Crippen molar-refractivity contribution in [3.8, 4) is 0 Å². The molecule has 134 valence electrons. The van der Waals surface area contributed by atoms with Crippen LogP contribution in [0.25, 0.3) is 0 Å². The summed E-state index contributed by atoms with van der Waals surface area (Å²) >= 11 is 6.03. The number of rotatable bonds is 4. The van der Waals surface area contributed by atoms with Crippen LogP contribution in [0.3, 0.4) is 0 Å². The van der Waals surface area contributed by atoms with Gasteiger partial charge in [-0.1, -0.05) is 41.4 Å². The molecule has 0 saturated carbocycles. The molecule has 1 heterocycles. The highest BCUT2D eigenvalue weighted by Crippen LogP contribution is 2.39. The molecule has 0 N–H and O–H groups in total. The topological polar surface area (TPSA) is 29.5 Å². The maximum absolute atomic E-state index is 12.7. The van der Waals surface area contributed by atoms with Crippen LogP contribution >= 0.6 is 24.0 Å². The Balaban J connectivity index is 0.00000225. The number of nitrogens with zero attached hydrogens (tertiary/aromatic N) is 1. The van der Waals surface area contributed by atoms with E-state index in [0.29, 0.717) is 17.0 Å². The minimum absolute atomic E-state index is 0. The minimum atomic E-state index is -0.645. The smallest absolute Gasteiger partial charge is 0.339 e. The summed E-state index contributed by atoms with van der Waals surface area (Å²) in [5.41, 5.74) is 3.15. The molecule has 1 aliphatic heterocycles. The molecule has 2 aromatic rings. The molecule has 0 fully saturated rings. The highest BCUT2D eigenvalue weighted by Gasteiger charge is 2.41. The van der Waals surface area contributed by atoms with E-state index in [1.165, 1.54) is 0 Å². The van der Waals surface area contributed by atoms with Crippen molar-refractivity contribution in [3.63, 3.8) is 0 Å². The number of esters is 1. The summed E-state index contributed by atoms with van der Waals surface area (Å²) < 4.78 is 6.02. The van der Waals surface area contributed by atoms with Crippen molar-refractivity contribution < 1.29 is 9.53 Å². The highest BCUT2D eigenvalue weighted by molar-refractivity contribution is 6.30. The van der Waals surface area contributed by atoms with Crippen LogP contribution in [0.4, 0.5) is 0 Å². The zero-order valence-corrected chi connectivity index (χ0v) is 16.3. The van der Waals surface area contributed by atoms with Crippen LogP contribution in [0.5, 0.6) is 0 Å². The number of cyclic esters (lactones) is 1. The van der Waals surface area contributed by atoms with Gasteiger partial charge in [-0.15, -0.1) is 12.4 Å². The van der Waals surface area contributed by atoms with Crippen molar-refractivity contribution >= 4 is 30.0 Å². The molecular weight excluding hydrogens is 357 g/mol.